The van der Waals surface area contributed by atoms with Gasteiger partial charge in [0.05, 0.1) is 11.4 Å². The molecule has 0 radical (unpaired) electrons. The Hall–Kier alpha value is -3.45. The van der Waals surface area contributed by atoms with Crippen molar-refractivity contribution in [1.29, 1.82) is 0 Å². The summed E-state index contributed by atoms with van der Waals surface area (Å²) in [6.07, 6.45) is 1.54. The lowest BCUT2D eigenvalue weighted by Crippen LogP contribution is -2.39. The number of benzene rings is 2. The quantitative estimate of drug-likeness (QED) is 0.399. The number of hydrogen-bond donors (Lipinski definition) is 1. The van der Waals surface area contributed by atoms with Crippen LogP contribution in [0.15, 0.2) is 54.6 Å². The second-order valence-electron chi connectivity index (χ2n) is 10.0. The number of amides is 2. The molecule has 0 aliphatic rings. The number of ether oxygens (including phenoxy) is 1. The summed E-state index contributed by atoms with van der Waals surface area (Å²) in [6, 6.07) is 17.4. The predicted molar refractivity (Wildman–Crippen MR) is 144 cm³/mol. The first kappa shape index (κ1) is 27.1. The number of methoxy groups -OCH3 is 1. The molecule has 1 heterocycles. The number of aromatic nitrogens is 2. The normalized spacial score (nSPS) is 11.4. The van der Waals surface area contributed by atoms with Crippen molar-refractivity contribution in [3.05, 3.63) is 77.0 Å². The van der Waals surface area contributed by atoms with E-state index in [0.29, 0.717) is 31.0 Å². The monoisotopic (exact) mass is 490 g/mol. The molecule has 7 heteroatoms. The Kier molecular flexibility index (Phi) is 9.04. The third-order valence-corrected chi connectivity index (χ3v) is 6.10. The number of carbonyl (C=O) groups is 2. The molecule has 1 aromatic heterocycles. The number of nitrogens with zero attached hydrogens (tertiary/aromatic N) is 3. The van der Waals surface area contributed by atoms with Crippen LogP contribution < -0.4 is 5.32 Å². The van der Waals surface area contributed by atoms with E-state index in [1.165, 1.54) is 0 Å². The minimum atomic E-state index is -0.277. The highest BCUT2D eigenvalue weighted by Gasteiger charge is 2.24. The average molecular weight is 491 g/mol. The molecular formula is C29H38N4O3. The number of nitrogens with one attached hydrogen (secondary N) is 1. The molecule has 192 valence electrons. The van der Waals surface area contributed by atoms with Gasteiger partial charge in [-0.15, -0.1) is 0 Å². The average Bonchev–Trinajstić information content (AvgIpc) is 3.27. The molecule has 36 heavy (non-hydrogen) atoms. The molecule has 0 fully saturated rings. The summed E-state index contributed by atoms with van der Waals surface area (Å²) in [6.45, 7) is 11.2. The van der Waals surface area contributed by atoms with Crippen LogP contribution in [0.1, 0.15) is 61.3 Å². The first-order valence-corrected chi connectivity index (χ1v) is 12.5. The van der Waals surface area contributed by atoms with Crippen molar-refractivity contribution in [1.82, 2.24) is 14.7 Å². The molecule has 0 saturated heterocycles. The van der Waals surface area contributed by atoms with Crippen molar-refractivity contribution in [2.24, 2.45) is 0 Å². The second-order valence-corrected chi connectivity index (χ2v) is 10.0. The molecule has 2 aromatic carbocycles. The standard InChI is InChI=1S/C29H38N4O3/c1-7-22-13-15-23(16-14-22)28(35)32(17-10-18-36-6)20-27(34)30-26-19-25(29(3,4)5)31-33(26)24-12-9-8-11-21(24)2/h8-9,11-16,19H,7,10,17-18,20H2,1-6H3,(H,30,34). The van der Waals surface area contributed by atoms with Gasteiger partial charge in [-0.05, 0) is 49.1 Å². The lowest BCUT2D eigenvalue weighted by Gasteiger charge is -2.22. The minimum absolute atomic E-state index is 0.0676. The van der Waals surface area contributed by atoms with E-state index in [0.717, 1.165) is 28.9 Å². The summed E-state index contributed by atoms with van der Waals surface area (Å²) in [7, 11) is 1.63. The van der Waals surface area contributed by atoms with Crippen LogP contribution in [0.4, 0.5) is 5.82 Å². The maximum atomic E-state index is 13.3. The molecule has 0 aliphatic carbocycles. The van der Waals surface area contributed by atoms with E-state index in [-0.39, 0.29) is 23.8 Å². The Morgan fingerprint density at radius 2 is 1.78 bits per heavy atom. The van der Waals surface area contributed by atoms with Gasteiger partial charge in [-0.25, -0.2) is 4.68 Å². The second kappa shape index (κ2) is 12.0. The summed E-state index contributed by atoms with van der Waals surface area (Å²) >= 11 is 0. The number of rotatable bonds is 10. The smallest absolute Gasteiger partial charge is 0.254 e. The van der Waals surface area contributed by atoms with Crippen LogP contribution in [0, 0.1) is 6.92 Å². The molecular weight excluding hydrogens is 452 g/mol. The van der Waals surface area contributed by atoms with E-state index in [2.05, 4.69) is 33.0 Å². The Labute approximate surface area is 214 Å². The largest absolute Gasteiger partial charge is 0.385 e. The van der Waals surface area contributed by atoms with Crippen LogP contribution in [0.3, 0.4) is 0 Å². The van der Waals surface area contributed by atoms with Crippen LogP contribution in [0.5, 0.6) is 0 Å². The van der Waals surface area contributed by atoms with Crippen LogP contribution in [-0.2, 0) is 21.4 Å². The highest BCUT2D eigenvalue weighted by atomic mass is 16.5. The fraction of sp³-hybridized carbons (Fsp3) is 0.414. The van der Waals surface area contributed by atoms with Gasteiger partial charge >= 0.3 is 0 Å². The third-order valence-electron chi connectivity index (χ3n) is 6.10. The van der Waals surface area contributed by atoms with Crippen molar-refractivity contribution in [3.63, 3.8) is 0 Å². The van der Waals surface area contributed by atoms with E-state index in [9.17, 15) is 9.59 Å². The van der Waals surface area contributed by atoms with Gasteiger partial charge in [-0.2, -0.15) is 5.10 Å². The molecule has 0 saturated carbocycles. The fourth-order valence-corrected chi connectivity index (χ4v) is 3.89. The molecule has 0 aliphatic heterocycles. The fourth-order valence-electron chi connectivity index (χ4n) is 3.89. The van der Waals surface area contributed by atoms with Crippen molar-refractivity contribution in [2.45, 2.75) is 52.9 Å². The Morgan fingerprint density at radius 3 is 2.39 bits per heavy atom. The minimum Gasteiger partial charge on any atom is -0.385 e. The van der Waals surface area contributed by atoms with Crippen molar-refractivity contribution in [3.8, 4) is 5.69 Å². The number of para-hydroxylation sites is 1. The number of hydrogen-bond acceptors (Lipinski definition) is 4. The van der Waals surface area contributed by atoms with E-state index in [1.54, 1.807) is 16.7 Å². The van der Waals surface area contributed by atoms with Crippen LogP contribution in [0.25, 0.3) is 5.69 Å². The summed E-state index contributed by atoms with van der Waals surface area (Å²) in [5.74, 6) is 0.128. The first-order valence-electron chi connectivity index (χ1n) is 12.5. The highest BCUT2D eigenvalue weighted by Crippen LogP contribution is 2.27. The molecule has 3 rings (SSSR count). The van der Waals surface area contributed by atoms with Crippen molar-refractivity contribution < 1.29 is 14.3 Å². The molecule has 0 spiro atoms. The number of anilines is 1. The van der Waals surface area contributed by atoms with Gasteiger partial charge in [-0.3, -0.25) is 9.59 Å². The van der Waals surface area contributed by atoms with Crippen molar-refractivity contribution >= 4 is 17.6 Å². The van der Waals surface area contributed by atoms with Crippen LogP contribution in [-0.4, -0.2) is 53.3 Å². The van der Waals surface area contributed by atoms with Gasteiger partial charge in [0.2, 0.25) is 5.91 Å². The van der Waals surface area contributed by atoms with Gasteiger partial charge in [0.25, 0.3) is 5.91 Å². The maximum absolute atomic E-state index is 13.3. The maximum Gasteiger partial charge on any atom is 0.254 e. The Morgan fingerprint density at radius 1 is 1.08 bits per heavy atom. The van der Waals surface area contributed by atoms with Crippen LogP contribution >= 0.6 is 0 Å². The van der Waals surface area contributed by atoms with Gasteiger partial charge in [-0.1, -0.05) is 58.0 Å². The Bertz CT molecular complexity index is 1180. The van der Waals surface area contributed by atoms with Gasteiger partial charge in [0, 0.05) is 37.3 Å². The summed E-state index contributed by atoms with van der Waals surface area (Å²) in [5.41, 5.74) is 4.34. The highest BCUT2D eigenvalue weighted by molar-refractivity contribution is 5.99. The van der Waals surface area contributed by atoms with Gasteiger partial charge < -0.3 is 15.0 Å². The van der Waals surface area contributed by atoms with E-state index in [1.807, 2.05) is 61.5 Å². The predicted octanol–water partition coefficient (Wildman–Crippen LogP) is 5.16. The molecule has 3 aromatic rings. The molecule has 0 unspecified atom stereocenters. The molecule has 0 bridgehead atoms. The molecule has 0 atom stereocenters. The van der Waals surface area contributed by atoms with E-state index in [4.69, 9.17) is 9.84 Å². The zero-order chi connectivity index (χ0) is 26.3. The Balaban J connectivity index is 1.85. The lowest BCUT2D eigenvalue weighted by molar-refractivity contribution is -0.117. The SMILES string of the molecule is CCc1ccc(C(=O)N(CCCOC)CC(=O)Nc2cc(C(C)(C)C)nn2-c2ccccc2C)cc1. The topological polar surface area (TPSA) is 76.5 Å². The van der Waals surface area contributed by atoms with Crippen molar-refractivity contribution in [2.75, 3.05) is 32.1 Å². The molecule has 2 amide bonds. The lowest BCUT2D eigenvalue weighted by atomic mass is 9.92. The molecule has 7 nitrogen and oxygen atoms in total. The van der Waals surface area contributed by atoms with Gasteiger partial charge in [0.1, 0.15) is 12.4 Å². The van der Waals surface area contributed by atoms with E-state index >= 15 is 0 Å². The molecule has 1 N–H and O–H groups in total. The zero-order valence-electron chi connectivity index (χ0n) is 22.3. The van der Waals surface area contributed by atoms with E-state index < -0.39 is 0 Å². The van der Waals surface area contributed by atoms with Gasteiger partial charge in [0.15, 0.2) is 0 Å². The number of carbonyl (C=O) groups excluding carboxylic acids is 2. The first-order chi connectivity index (χ1) is 17.1. The summed E-state index contributed by atoms with van der Waals surface area (Å²) in [5, 5.41) is 7.82. The summed E-state index contributed by atoms with van der Waals surface area (Å²) < 4.78 is 6.94. The summed E-state index contributed by atoms with van der Waals surface area (Å²) in [4.78, 5) is 28.1. The third kappa shape index (κ3) is 6.82. The number of aryl methyl sites for hydroxylation is 2. The zero-order valence-corrected chi connectivity index (χ0v) is 22.3. The van der Waals surface area contributed by atoms with Crippen LogP contribution in [0.2, 0.25) is 0 Å².